The van der Waals surface area contributed by atoms with E-state index in [0.29, 0.717) is 17.8 Å². The summed E-state index contributed by atoms with van der Waals surface area (Å²) in [6.45, 7) is 7.02. The number of benzene rings is 1. The first-order chi connectivity index (χ1) is 9.01. The van der Waals surface area contributed by atoms with E-state index in [4.69, 9.17) is 5.73 Å². The lowest BCUT2D eigenvalue weighted by atomic mass is 10.1. The molecule has 0 aliphatic carbocycles. The van der Waals surface area contributed by atoms with Crippen molar-refractivity contribution in [3.63, 3.8) is 0 Å². The van der Waals surface area contributed by atoms with Crippen molar-refractivity contribution < 1.29 is 4.79 Å². The molecule has 1 rings (SSSR count). The van der Waals surface area contributed by atoms with E-state index in [-0.39, 0.29) is 5.91 Å². The first kappa shape index (κ1) is 15.1. The molecule has 0 aliphatic heterocycles. The molecule has 0 bridgehead atoms. The predicted octanol–water partition coefficient (Wildman–Crippen LogP) is 2.37. The van der Waals surface area contributed by atoms with E-state index in [1.807, 2.05) is 38.1 Å². The summed E-state index contributed by atoms with van der Waals surface area (Å²) >= 11 is 0. The molecular weight excluding hydrogens is 238 g/mol. The Kier molecular flexibility index (Phi) is 5.42. The van der Waals surface area contributed by atoms with Gasteiger partial charge in [-0.1, -0.05) is 13.0 Å². The lowest BCUT2D eigenvalue weighted by Crippen LogP contribution is -2.32. The Morgan fingerprint density at radius 2 is 2.11 bits per heavy atom. The zero-order valence-corrected chi connectivity index (χ0v) is 12.0. The monoisotopic (exact) mass is 261 g/mol. The minimum absolute atomic E-state index is 0.00115. The molecule has 1 aromatic carbocycles. The van der Waals surface area contributed by atoms with Gasteiger partial charge in [-0.2, -0.15) is 0 Å². The Hall–Kier alpha value is -1.97. The molecule has 0 heterocycles. The van der Waals surface area contributed by atoms with Crippen molar-refractivity contribution in [1.29, 1.82) is 0 Å². The molecule has 0 aliphatic rings. The minimum atomic E-state index is -0.00115. The van der Waals surface area contributed by atoms with Crippen LogP contribution in [0.5, 0.6) is 0 Å². The Morgan fingerprint density at radius 3 is 2.58 bits per heavy atom. The van der Waals surface area contributed by atoms with Crippen LogP contribution in [-0.2, 0) is 0 Å². The van der Waals surface area contributed by atoms with E-state index in [1.165, 1.54) is 0 Å². The molecule has 2 N–H and O–H groups in total. The van der Waals surface area contributed by atoms with Crippen LogP contribution in [0.15, 0.2) is 30.9 Å². The number of amides is 1. The Morgan fingerprint density at radius 1 is 1.42 bits per heavy atom. The second kappa shape index (κ2) is 6.83. The molecule has 1 aromatic rings. The third-order valence-electron chi connectivity index (χ3n) is 2.89. The van der Waals surface area contributed by atoms with Gasteiger partial charge in [-0.3, -0.25) is 4.79 Å². The SMILES string of the molecule is C=CCN(CCC)C(=O)c1ccc(N(C)C)c(N)c1. The maximum Gasteiger partial charge on any atom is 0.254 e. The van der Waals surface area contributed by atoms with Crippen LogP contribution in [0.2, 0.25) is 0 Å². The van der Waals surface area contributed by atoms with Gasteiger partial charge in [0.2, 0.25) is 0 Å². The second-order valence-corrected chi connectivity index (χ2v) is 4.71. The van der Waals surface area contributed by atoms with Gasteiger partial charge in [0, 0.05) is 32.7 Å². The van der Waals surface area contributed by atoms with Gasteiger partial charge < -0.3 is 15.5 Å². The summed E-state index contributed by atoms with van der Waals surface area (Å²) in [6.07, 6.45) is 2.66. The van der Waals surface area contributed by atoms with Gasteiger partial charge >= 0.3 is 0 Å². The van der Waals surface area contributed by atoms with Crippen LogP contribution in [0, 0.1) is 0 Å². The number of carbonyl (C=O) groups is 1. The molecule has 0 aromatic heterocycles. The van der Waals surface area contributed by atoms with E-state index in [9.17, 15) is 4.79 Å². The smallest absolute Gasteiger partial charge is 0.254 e. The topological polar surface area (TPSA) is 49.6 Å². The minimum Gasteiger partial charge on any atom is -0.397 e. The highest BCUT2D eigenvalue weighted by Gasteiger charge is 2.15. The summed E-state index contributed by atoms with van der Waals surface area (Å²) in [4.78, 5) is 16.1. The van der Waals surface area contributed by atoms with Gasteiger partial charge in [-0.25, -0.2) is 0 Å². The molecule has 19 heavy (non-hydrogen) atoms. The maximum atomic E-state index is 12.4. The lowest BCUT2D eigenvalue weighted by Gasteiger charge is -2.21. The normalized spacial score (nSPS) is 10.1. The van der Waals surface area contributed by atoms with E-state index in [1.54, 1.807) is 17.0 Å². The molecule has 0 saturated carbocycles. The number of anilines is 2. The lowest BCUT2D eigenvalue weighted by molar-refractivity contribution is 0.0774. The number of hydrogen-bond donors (Lipinski definition) is 1. The molecule has 0 fully saturated rings. The standard InChI is InChI=1S/C15H23N3O/c1-5-9-18(10-6-2)15(19)12-7-8-14(17(3)4)13(16)11-12/h5,7-8,11H,1,6,9-10,16H2,2-4H3. The first-order valence-corrected chi connectivity index (χ1v) is 6.48. The average molecular weight is 261 g/mol. The Labute approximate surface area is 115 Å². The van der Waals surface area contributed by atoms with Crippen molar-refractivity contribution in [2.75, 3.05) is 37.8 Å². The second-order valence-electron chi connectivity index (χ2n) is 4.71. The van der Waals surface area contributed by atoms with Crippen LogP contribution in [0.4, 0.5) is 11.4 Å². The van der Waals surface area contributed by atoms with Crippen molar-refractivity contribution in [2.45, 2.75) is 13.3 Å². The fourth-order valence-corrected chi connectivity index (χ4v) is 1.98. The number of hydrogen-bond acceptors (Lipinski definition) is 3. The van der Waals surface area contributed by atoms with Crippen LogP contribution >= 0.6 is 0 Å². The summed E-state index contributed by atoms with van der Waals surface area (Å²) in [5, 5.41) is 0. The Bertz CT molecular complexity index is 455. The van der Waals surface area contributed by atoms with Crippen molar-refractivity contribution in [2.24, 2.45) is 0 Å². The van der Waals surface area contributed by atoms with E-state index in [2.05, 4.69) is 6.58 Å². The van der Waals surface area contributed by atoms with Crippen molar-refractivity contribution in [3.05, 3.63) is 36.4 Å². The van der Waals surface area contributed by atoms with Crippen LogP contribution in [0.1, 0.15) is 23.7 Å². The largest absolute Gasteiger partial charge is 0.397 e. The summed E-state index contributed by atoms with van der Waals surface area (Å²) in [7, 11) is 3.85. The van der Waals surface area contributed by atoms with E-state index in [0.717, 1.165) is 18.7 Å². The molecular formula is C15H23N3O. The van der Waals surface area contributed by atoms with Gasteiger partial charge in [0.15, 0.2) is 0 Å². The Balaban J connectivity index is 2.98. The number of nitrogen functional groups attached to an aromatic ring is 1. The van der Waals surface area contributed by atoms with E-state index < -0.39 is 0 Å². The average Bonchev–Trinajstić information content (AvgIpc) is 2.37. The van der Waals surface area contributed by atoms with Crippen molar-refractivity contribution in [3.8, 4) is 0 Å². The third kappa shape index (κ3) is 3.74. The molecule has 104 valence electrons. The molecule has 1 amide bonds. The predicted molar refractivity (Wildman–Crippen MR) is 81.6 cm³/mol. The zero-order chi connectivity index (χ0) is 14.4. The first-order valence-electron chi connectivity index (χ1n) is 6.48. The van der Waals surface area contributed by atoms with Crippen molar-refractivity contribution in [1.82, 2.24) is 4.90 Å². The highest BCUT2D eigenvalue weighted by Crippen LogP contribution is 2.23. The fraction of sp³-hybridized carbons (Fsp3) is 0.400. The number of nitrogens with two attached hydrogens (primary N) is 1. The van der Waals surface area contributed by atoms with Gasteiger partial charge in [-0.15, -0.1) is 6.58 Å². The number of rotatable bonds is 6. The van der Waals surface area contributed by atoms with Crippen molar-refractivity contribution >= 4 is 17.3 Å². The number of carbonyl (C=O) groups excluding carboxylic acids is 1. The summed E-state index contributed by atoms with van der Waals surface area (Å²) in [5.41, 5.74) is 8.13. The quantitative estimate of drug-likeness (QED) is 0.632. The molecule has 0 saturated heterocycles. The van der Waals surface area contributed by atoms with Crippen LogP contribution in [0.3, 0.4) is 0 Å². The molecule has 0 atom stereocenters. The fourth-order valence-electron chi connectivity index (χ4n) is 1.98. The summed E-state index contributed by atoms with van der Waals surface area (Å²) in [5.74, 6) is -0.00115. The molecule has 0 radical (unpaired) electrons. The van der Waals surface area contributed by atoms with E-state index >= 15 is 0 Å². The molecule has 0 unspecified atom stereocenters. The number of nitrogens with zero attached hydrogens (tertiary/aromatic N) is 2. The van der Waals surface area contributed by atoms with Crippen LogP contribution in [-0.4, -0.2) is 38.0 Å². The molecule has 0 spiro atoms. The van der Waals surface area contributed by atoms with Crippen LogP contribution in [0.25, 0.3) is 0 Å². The van der Waals surface area contributed by atoms with Gasteiger partial charge in [0.1, 0.15) is 0 Å². The van der Waals surface area contributed by atoms with Gasteiger partial charge in [-0.05, 0) is 24.6 Å². The van der Waals surface area contributed by atoms with Crippen LogP contribution < -0.4 is 10.6 Å². The summed E-state index contributed by atoms with van der Waals surface area (Å²) < 4.78 is 0. The maximum absolute atomic E-state index is 12.4. The summed E-state index contributed by atoms with van der Waals surface area (Å²) in [6, 6.07) is 5.43. The molecule has 4 nitrogen and oxygen atoms in total. The highest BCUT2D eigenvalue weighted by atomic mass is 16.2. The van der Waals surface area contributed by atoms with Gasteiger partial charge in [0.05, 0.1) is 11.4 Å². The third-order valence-corrected chi connectivity index (χ3v) is 2.89. The highest BCUT2D eigenvalue weighted by molar-refractivity contribution is 5.96. The van der Waals surface area contributed by atoms with Gasteiger partial charge in [0.25, 0.3) is 5.91 Å². The zero-order valence-electron chi connectivity index (χ0n) is 12.0. The molecule has 4 heteroatoms.